The first-order valence-corrected chi connectivity index (χ1v) is 11.4. The number of carbonyl (C=O) groups is 1. The molecule has 0 unspecified atom stereocenters. The van der Waals surface area contributed by atoms with E-state index in [-0.39, 0.29) is 11.7 Å². The molecule has 0 aliphatic carbocycles. The van der Waals surface area contributed by atoms with Gasteiger partial charge in [0, 0.05) is 48.6 Å². The van der Waals surface area contributed by atoms with Gasteiger partial charge in [-0.2, -0.15) is 13.2 Å². The number of fused-ring (bicyclic) bond motifs is 2. The minimum absolute atomic E-state index is 0.0270. The monoisotopic (exact) mass is 459 g/mol. The lowest BCUT2D eigenvalue weighted by atomic mass is 10.1. The molecule has 5 nitrogen and oxygen atoms in total. The van der Waals surface area contributed by atoms with Gasteiger partial charge in [0.2, 0.25) is 5.88 Å². The molecular weight excluding hydrogens is 431 g/mol. The van der Waals surface area contributed by atoms with E-state index in [9.17, 15) is 18.0 Å². The van der Waals surface area contributed by atoms with Gasteiger partial charge in [-0.3, -0.25) is 4.79 Å². The Balaban J connectivity index is 1.18. The number of para-hydroxylation sites is 1. The molecule has 0 saturated carbocycles. The summed E-state index contributed by atoms with van der Waals surface area (Å²) in [4.78, 5) is 22.3. The number of ketones is 1. The van der Waals surface area contributed by atoms with Crippen LogP contribution in [0.3, 0.4) is 0 Å². The fourth-order valence-electron chi connectivity index (χ4n) is 4.22. The first-order chi connectivity index (χ1) is 15.9. The number of ether oxygens (including phenoxy) is 1. The standard InChI is InChI=1S/C25H28F3N3O2/c26-25(27,28)17-33-24-10-9-18-11-14-31(15-12-21(18)30-24)13-5-1-2-8-23(32)22-16-19-6-3-4-7-20(19)29-22/h3-4,6-7,9-10,16,29H,1-2,5,8,11-15,17H2. The van der Waals surface area contributed by atoms with Crippen LogP contribution in [0, 0.1) is 0 Å². The molecular formula is C25H28F3N3O2. The lowest BCUT2D eigenvalue weighted by Gasteiger charge is -2.19. The molecule has 2 aromatic heterocycles. The van der Waals surface area contributed by atoms with Crippen LogP contribution >= 0.6 is 0 Å². The number of nitrogens with one attached hydrogen (secondary N) is 1. The maximum atomic E-state index is 12.5. The van der Waals surface area contributed by atoms with Crippen LogP contribution in [0.5, 0.6) is 5.88 Å². The topological polar surface area (TPSA) is 58.2 Å². The van der Waals surface area contributed by atoms with Crippen molar-refractivity contribution in [2.75, 3.05) is 26.2 Å². The Hall–Kier alpha value is -2.87. The third-order valence-corrected chi connectivity index (χ3v) is 6.00. The number of rotatable bonds is 9. The molecule has 1 aromatic carbocycles. The Morgan fingerprint density at radius 3 is 2.70 bits per heavy atom. The van der Waals surface area contributed by atoms with Gasteiger partial charge in [0.1, 0.15) is 0 Å². The van der Waals surface area contributed by atoms with Crippen molar-refractivity contribution in [3.8, 4) is 5.88 Å². The van der Waals surface area contributed by atoms with Gasteiger partial charge in [-0.25, -0.2) is 4.98 Å². The van der Waals surface area contributed by atoms with Gasteiger partial charge in [-0.05, 0) is 43.5 Å². The van der Waals surface area contributed by atoms with Crippen molar-refractivity contribution >= 4 is 16.7 Å². The molecule has 4 rings (SSSR count). The molecule has 1 aliphatic heterocycles. The van der Waals surface area contributed by atoms with Crippen molar-refractivity contribution in [2.45, 2.75) is 44.7 Å². The van der Waals surface area contributed by atoms with Crippen LogP contribution < -0.4 is 4.74 Å². The number of unbranched alkanes of at least 4 members (excludes halogenated alkanes) is 2. The molecule has 8 heteroatoms. The van der Waals surface area contributed by atoms with E-state index < -0.39 is 12.8 Å². The summed E-state index contributed by atoms with van der Waals surface area (Å²) in [6.07, 6.45) is 0.503. The maximum absolute atomic E-state index is 12.5. The quantitative estimate of drug-likeness (QED) is 0.346. The van der Waals surface area contributed by atoms with E-state index in [1.807, 2.05) is 36.4 Å². The molecule has 1 N–H and O–H groups in total. The Morgan fingerprint density at radius 2 is 1.88 bits per heavy atom. The zero-order valence-electron chi connectivity index (χ0n) is 18.5. The number of aromatic amines is 1. The first kappa shape index (κ1) is 23.3. The summed E-state index contributed by atoms with van der Waals surface area (Å²) >= 11 is 0. The summed E-state index contributed by atoms with van der Waals surface area (Å²) in [5, 5.41) is 1.05. The van der Waals surface area contributed by atoms with Gasteiger partial charge in [-0.15, -0.1) is 0 Å². The fourth-order valence-corrected chi connectivity index (χ4v) is 4.22. The predicted octanol–water partition coefficient (Wildman–Crippen LogP) is 5.35. The zero-order chi connectivity index (χ0) is 23.3. The molecule has 0 fully saturated rings. The zero-order valence-corrected chi connectivity index (χ0v) is 18.5. The fraction of sp³-hybridized carbons (Fsp3) is 0.440. The summed E-state index contributed by atoms with van der Waals surface area (Å²) in [6.45, 7) is 1.32. The van der Waals surface area contributed by atoms with Crippen molar-refractivity contribution in [1.29, 1.82) is 0 Å². The Morgan fingerprint density at radius 1 is 1.06 bits per heavy atom. The summed E-state index contributed by atoms with van der Waals surface area (Å²) in [6, 6.07) is 13.1. The third kappa shape index (κ3) is 6.57. The summed E-state index contributed by atoms with van der Waals surface area (Å²) in [5.74, 6) is 0.171. The smallest absolute Gasteiger partial charge is 0.422 e. The van der Waals surface area contributed by atoms with E-state index in [4.69, 9.17) is 4.74 Å². The molecule has 3 aromatic rings. The van der Waals surface area contributed by atoms with Crippen molar-refractivity contribution in [3.63, 3.8) is 0 Å². The number of nitrogens with zero attached hydrogens (tertiary/aromatic N) is 2. The van der Waals surface area contributed by atoms with E-state index in [2.05, 4.69) is 14.9 Å². The van der Waals surface area contributed by atoms with E-state index >= 15 is 0 Å². The van der Waals surface area contributed by atoms with Gasteiger partial charge in [-0.1, -0.05) is 30.7 Å². The van der Waals surface area contributed by atoms with Gasteiger partial charge in [0.05, 0.1) is 5.69 Å². The van der Waals surface area contributed by atoms with E-state index in [0.717, 1.165) is 67.5 Å². The first-order valence-electron chi connectivity index (χ1n) is 11.4. The second kappa shape index (κ2) is 10.4. The van der Waals surface area contributed by atoms with E-state index in [1.54, 1.807) is 0 Å². The van der Waals surface area contributed by atoms with Crippen molar-refractivity contribution < 1.29 is 22.7 Å². The highest BCUT2D eigenvalue weighted by Crippen LogP contribution is 2.21. The average Bonchev–Trinajstić information content (AvgIpc) is 3.13. The Bertz CT molecular complexity index is 1060. The molecule has 0 spiro atoms. The van der Waals surface area contributed by atoms with Crippen molar-refractivity contribution in [1.82, 2.24) is 14.9 Å². The number of hydrogen-bond donors (Lipinski definition) is 1. The van der Waals surface area contributed by atoms with Crippen LogP contribution in [-0.4, -0.2) is 53.1 Å². The lowest BCUT2D eigenvalue weighted by Crippen LogP contribution is -2.27. The number of alkyl halides is 3. The van der Waals surface area contributed by atoms with Gasteiger partial charge >= 0.3 is 6.18 Å². The molecule has 3 heterocycles. The highest BCUT2D eigenvalue weighted by Gasteiger charge is 2.29. The summed E-state index contributed by atoms with van der Waals surface area (Å²) in [7, 11) is 0. The van der Waals surface area contributed by atoms with E-state index in [0.29, 0.717) is 18.5 Å². The van der Waals surface area contributed by atoms with Gasteiger partial charge < -0.3 is 14.6 Å². The second-order valence-corrected chi connectivity index (χ2v) is 8.50. The highest BCUT2D eigenvalue weighted by molar-refractivity contribution is 5.99. The number of pyridine rings is 1. The number of Topliss-reactive ketones (excluding diaryl/α,β-unsaturated/α-hetero) is 1. The highest BCUT2D eigenvalue weighted by atomic mass is 19.4. The van der Waals surface area contributed by atoms with E-state index in [1.165, 1.54) is 6.07 Å². The van der Waals surface area contributed by atoms with Crippen LogP contribution in [0.1, 0.15) is 47.4 Å². The number of aromatic nitrogens is 2. The maximum Gasteiger partial charge on any atom is 0.422 e. The lowest BCUT2D eigenvalue weighted by molar-refractivity contribution is -0.154. The number of carbonyl (C=O) groups excluding carboxylic acids is 1. The molecule has 0 atom stereocenters. The minimum atomic E-state index is -4.37. The molecule has 0 radical (unpaired) electrons. The Kier molecular flexibility index (Phi) is 7.33. The van der Waals surface area contributed by atoms with Gasteiger partial charge in [0.25, 0.3) is 0 Å². The molecule has 1 aliphatic rings. The molecule has 0 saturated heterocycles. The minimum Gasteiger partial charge on any atom is -0.468 e. The number of halogens is 3. The molecule has 33 heavy (non-hydrogen) atoms. The second-order valence-electron chi connectivity index (χ2n) is 8.50. The van der Waals surface area contributed by atoms with Crippen LogP contribution in [-0.2, 0) is 12.8 Å². The number of benzene rings is 1. The normalized spacial score (nSPS) is 14.8. The summed E-state index contributed by atoms with van der Waals surface area (Å²) in [5.41, 5.74) is 3.55. The predicted molar refractivity (Wildman–Crippen MR) is 121 cm³/mol. The molecule has 176 valence electrons. The SMILES string of the molecule is O=C(CCCCCN1CCc2ccc(OCC(F)(F)F)nc2CC1)c1cc2ccccc2[nH]1. The largest absolute Gasteiger partial charge is 0.468 e. The molecule has 0 amide bonds. The van der Waals surface area contributed by atoms with Crippen LogP contribution in [0.15, 0.2) is 42.5 Å². The Labute approximate surface area is 191 Å². The van der Waals surface area contributed by atoms with Crippen molar-refractivity contribution in [3.05, 3.63) is 59.4 Å². The average molecular weight is 460 g/mol. The van der Waals surface area contributed by atoms with Crippen LogP contribution in [0.25, 0.3) is 10.9 Å². The number of hydrogen-bond acceptors (Lipinski definition) is 4. The van der Waals surface area contributed by atoms with Crippen molar-refractivity contribution in [2.24, 2.45) is 0 Å². The number of H-pyrrole nitrogens is 1. The third-order valence-electron chi connectivity index (χ3n) is 6.00. The summed E-state index contributed by atoms with van der Waals surface area (Å²) < 4.78 is 41.9. The van der Waals surface area contributed by atoms with Crippen LogP contribution in [0.2, 0.25) is 0 Å². The molecule has 0 bridgehead atoms. The van der Waals surface area contributed by atoms with Gasteiger partial charge in [0.15, 0.2) is 12.4 Å². The van der Waals surface area contributed by atoms with Crippen LogP contribution in [0.4, 0.5) is 13.2 Å².